The van der Waals surface area contributed by atoms with E-state index in [9.17, 15) is 0 Å². The molecule has 2 N–H and O–H groups in total. The molecule has 3 unspecified atom stereocenters. The standard InChI is InChI=1S/C20H38N6O/c1-20(2,3)18-15(9-8-10-27-18)11-22-19(21-4)23-13-17(25(5)6)16-12-24-26(7)14-16/h12,14-15,17-18H,8-11,13H2,1-7H3,(H2,21,22,23). The maximum Gasteiger partial charge on any atom is 0.191 e. The lowest BCUT2D eigenvalue weighted by Crippen LogP contribution is -2.48. The predicted molar refractivity (Wildman–Crippen MR) is 111 cm³/mol. The van der Waals surface area contributed by atoms with Crippen molar-refractivity contribution < 1.29 is 4.74 Å². The van der Waals surface area contributed by atoms with Crippen LogP contribution in [0, 0.1) is 11.3 Å². The number of aromatic nitrogens is 2. The van der Waals surface area contributed by atoms with Gasteiger partial charge in [0.2, 0.25) is 0 Å². The lowest BCUT2D eigenvalue weighted by molar-refractivity contribution is -0.0835. The highest BCUT2D eigenvalue weighted by Crippen LogP contribution is 2.33. The van der Waals surface area contributed by atoms with Gasteiger partial charge in [-0.25, -0.2) is 0 Å². The molecule has 7 nitrogen and oxygen atoms in total. The SMILES string of the molecule is CN=C(NCC1CCCOC1C(C)(C)C)NCC(c1cnn(C)c1)N(C)C. The number of aryl methyl sites for hydroxylation is 1. The molecule has 1 fully saturated rings. The molecule has 154 valence electrons. The van der Waals surface area contributed by atoms with Crippen LogP contribution in [0.1, 0.15) is 45.2 Å². The van der Waals surface area contributed by atoms with Crippen molar-refractivity contribution in [2.75, 3.05) is 40.8 Å². The van der Waals surface area contributed by atoms with Crippen LogP contribution in [0.25, 0.3) is 0 Å². The molecule has 0 saturated carbocycles. The van der Waals surface area contributed by atoms with Crippen LogP contribution in [-0.2, 0) is 11.8 Å². The van der Waals surface area contributed by atoms with Crippen LogP contribution in [0.5, 0.6) is 0 Å². The summed E-state index contributed by atoms with van der Waals surface area (Å²) in [6.07, 6.45) is 6.60. The molecule has 1 saturated heterocycles. The van der Waals surface area contributed by atoms with Crippen LogP contribution < -0.4 is 10.6 Å². The molecule has 0 bridgehead atoms. The van der Waals surface area contributed by atoms with E-state index in [1.807, 2.05) is 25.0 Å². The van der Waals surface area contributed by atoms with Gasteiger partial charge in [0.15, 0.2) is 5.96 Å². The van der Waals surface area contributed by atoms with Gasteiger partial charge in [0.05, 0.1) is 18.3 Å². The van der Waals surface area contributed by atoms with E-state index in [-0.39, 0.29) is 17.6 Å². The van der Waals surface area contributed by atoms with Gasteiger partial charge in [0.25, 0.3) is 0 Å². The minimum Gasteiger partial charge on any atom is -0.377 e. The van der Waals surface area contributed by atoms with Crippen molar-refractivity contribution in [3.05, 3.63) is 18.0 Å². The Kier molecular flexibility index (Phi) is 7.68. The molecule has 1 aromatic heterocycles. The van der Waals surface area contributed by atoms with Crippen LogP contribution in [0.4, 0.5) is 0 Å². The summed E-state index contributed by atoms with van der Waals surface area (Å²) in [6.45, 7) is 9.31. The van der Waals surface area contributed by atoms with Gasteiger partial charge in [0.1, 0.15) is 0 Å². The first-order valence-electron chi connectivity index (χ1n) is 9.93. The third kappa shape index (κ3) is 6.21. The summed E-state index contributed by atoms with van der Waals surface area (Å²) in [5.41, 5.74) is 1.35. The van der Waals surface area contributed by atoms with Gasteiger partial charge in [-0.15, -0.1) is 0 Å². The van der Waals surface area contributed by atoms with Gasteiger partial charge in [-0.3, -0.25) is 9.67 Å². The van der Waals surface area contributed by atoms with Gasteiger partial charge in [-0.1, -0.05) is 20.8 Å². The Morgan fingerprint density at radius 1 is 1.41 bits per heavy atom. The first-order valence-corrected chi connectivity index (χ1v) is 9.93. The van der Waals surface area contributed by atoms with Gasteiger partial charge < -0.3 is 20.3 Å². The van der Waals surface area contributed by atoms with Crippen LogP contribution in [0.3, 0.4) is 0 Å². The largest absolute Gasteiger partial charge is 0.377 e. The fraction of sp³-hybridized carbons (Fsp3) is 0.800. The summed E-state index contributed by atoms with van der Waals surface area (Å²) < 4.78 is 7.94. The highest BCUT2D eigenvalue weighted by molar-refractivity contribution is 5.79. The maximum atomic E-state index is 6.09. The number of hydrogen-bond acceptors (Lipinski definition) is 4. The molecule has 2 rings (SSSR count). The van der Waals surface area contributed by atoms with E-state index in [0.717, 1.165) is 32.1 Å². The molecule has 2 heterocycles. The number of ether oxygens (including phenoxy) is 1. The Balaban J connectivity index is 1.91. The smallest absolute Gasteiger partial charge is 0.191 e. The zero-order valence-electron chi connectivity index (χ0n) is 18.1. The van der Waals surface area contributed by atoms with Crippen LogP contribution in [-0.4, -0.2) is 67.6 Å². The predicted octanol–water partition coefficient (Wildman–Crippen LogP) is 2.03. The van der Waals surface area contributed by atoms with Crippen molar-refractivity contribution in [2.24, 2.45) is 23.4 Å². The van der Waals surface area contributed by atoms with Gasteiger partial charge in [-0.05, 0) is 32.4 Å². The first-order chi connectivity index (χ1) is 12.7. The average molecular weight is 379 g/mol. The summed E-state index contributed by atoms with van der Waals surface area (Å²) in [5, 5.41) is 11.3. The molecule has 1 aromatic rings. The fourth-order valence-corrected chi connectivity index (χ4v) is 3.86. The van der Waals surface area contributed by atoms with Gasteiger partial charge >= 0.3 is 0 Å². The summed E-state index contributed by atoms with van der Waals surface area (Å²) in [4.78, 5) is 6.60. The number of rotatable bonds is 6. The first kappa shape index (κ1) is 21.7. The minimum atomic E-state index is 0.153. The molecule has 1 aliphatic heterocycles. The summed E-state index contributed by atoms with van der Waals surface area (Å²) in [5.74, 6) is 1.34. The summed E-state index contributed by atoms with van der Waals surface area (Å²) in [6, 6.07) is 0.234. The monoisotopic (exact) mass is 378 g/mol. The summed E-state index contributed by atoms with van der Waals surface area (Å²) >= 11 is 0. The molecule has 0 spiro atoms. The van der Waals surface area contributed by atoms with Gasteiger partial charge in [0, 0.05) is 51.5 Å². The Labute approximate surface area is 164 Å². The zero-order chi connectivity index (χ0) is 20.0. The number of guanidine groups is 1. The van der Waals surface area contributed by atoms with Crippen molar-refractivity contribution in [3.63, 3.8) is 0 Å². The quantitative estimate of drug-likeness (QED) is 0.586. The van der Waals surface area contributed by atoms with Crippen LogP contribution in [0.2, 0.25) is 0 Å². The number of likely N-dealkylation sites (N-methyl/N-ethyl adjacent to an activating group) is 1. The van der Waals surface area contributed by atoms with Crippen molar-refractivity contribution in [2.45, 2.75) is 45.8 Å². The minimum absolute atomic E-state index is 0.153. The third-order valence-corrected chi connectivity index (χ3v) is 5.25. The molecule has 3 atom stereocenters. The maximum absolute atomic E-state index is 6.09. The van der Waals surface area contributed by atoms with Crippen LogP contribution >= 0.6 is 0 Å². The molecule has 0 amide bonds. The molecular formula is C20H38N6O. The van der Waals surface area contributed by atoms with E-state index in [1.165, 1.54) is 12.0 Å². The van der Waals surface area contributed by atoms with Crippen molar-refractivity contribution in [3.8, 4) is 0 Å². The number of nitrogens with one attached hydrogen (secondary N) is 2. The highest BCUT2D eigenvalue weighted by atomic mass is 16.5. The van der Waals surface area contributed by atoms with E-state index in [1.54, 1.807) is 0 Å². The molecule has 27 heavy (non-hydrogen) atoms. The van der Waals surface area contributed by atoms with E-state index < -0.39 is 0 Å². The van der Waals surface area contributed by atoms with E-state index >= 15 is 0 Å². The van der Waals surface area contributed by atoms with Crippen LogP contribution in [0.15, 0.2) is 17.4 Å². The Bertz CT molecular complexity index is 604. The Hall–Kier alpha value is -1.60. The lowest BCUT2D eigenvalue weighted by Gasteiger charge is -2.40. The zero-order valence-corrected chi connectivity index (χ0v) is 18.1. The molecule has 0 radical (unpaired) electrons. The van der Waals surface area contributed by atoms with Crippen molar-refractivity contribution >= 4 is 5.96 Å². The molecule has 7 heteroatoms. The fourth-order valence-electron chi connectivity index (χ4n) is 3.86. The second-order valence-electron chi connectivity index (χ2n) is 8.82. The number of aliphatic imine (C=N–C) groups is 1. The van der Waals surface area contributed by atoms with E-state index in [4.69, 9.17) is 4.74 Å². The van der Waals surface area contributed by atoms with Crippen molar-refractivity contribution in [1.82, 2.24) is 25.3 Å². The average Bonchev–Trinajstić information content (AvgIpc) is 3.03. The van der Waals surface area contributed by atoms with E-state index in [2.05, 4.69) is 66.7 Å². The third-order valence-electron chi connectivity index (χ3n) is 5.25. The lowest BCUT2D eigenvalue weighted by atomic mass is 9.78. The molecule has 1 aliphatic rings. The second-order valence-corrected chi connectivity index (χ2v) is 8.82. The normalized spacial score (nSPS) is 22.7. The molecule has 0 aromatic carbocycles. The number of nitrogens with zero attached hydrogens (tertiary/aromatic N) is 4. The Morgan fingerprint density at radius 3 is 2.70 bits per heavy atom. The highest BCUT2D eigenvalue weighted by Gasteiger charge is 2.35. The molecule has 0 aliphatic carbocycles. The Morgan fingerprint density at radius 2 is 2.15 bits per heavy atom. The van der Waals surface area contributed by atoms with Crippen molar-refractivity contribution in [1.29, 1.82) is 0 Å². The van der Waals surface area contributed by atoms with Gasteiger partial charge in [-0.2, -0.15) is 5.10 Å². The van der Waals surface area contributed by atoms with E-state index in [0.29, 0.717) is 5.92 Å². The topological polar surface area (TPSA) is 66.7 Å². The number of hydrogen-bond donors (Lipinski definition) is 2. The summed E-state index contributed by atoms with van der Waals surface area (Å²) in [7, 11) is 7.94. The molecular weight excluding hydrogens is 340 g/mol. The second kappa shape index (κ2) is 9.55.